The summed E-state index contributed by atoms with van der Waals surface area (Å²) < 4.78 is 0. The van der Waals surface area contributed by atoms with Gasteiger partial charge in [0, 0.05) is 17.3 Å². The first-order chi connectivity index (χ1) is 6.54. The van der Waals surface area contributed by atoms with Gasteiger partial charge in [-0.25, -0.2) is 0 Å². The minimum atomic E-state index is 0.0417. The predicted octanol–water partition coefficient (Wildman–Crippen LogP) is 1.72. The molecule has 3 heteroatoms. The van der Waals surface area contributed by atoms with E-state index in [1.165, 1.54) is 0 Å². The van der Waals surface area contributed by atoms with Crippen LogP contribution in [0.5, 0.6) is 0 Å². The standard InChI is InChI=1S/C11H22N2O/c1-4-6-11(2,3)10(12)5-7-13-8-9-14/h5,7,14H,4,6,8-9,12H2,1-3H3. The predicted molar refractivity (Wildman–Crippen MR) is 61.4 cm³/mol. The third kappa shape index (κ3) is 5.02. The van der Waals surface area contributed by atoms with Crippen LogP contribution in [0.25, 0.3) is 0 Å². The third-order valence-electron chi connectivity index (χ3n) is 2.25. The molecule has 0 aliphatic carbocycles. The molecule has 14 heavy (non-hydrogen) atoms. The Bertz CT molecular complexity index is 207. The smallest absolute Gasteiger partial charge is 0.0626 e. The normalized spacial score (nSPS) is 13.9. The highest BCUT2D eigenvalue weighted by Gasteiger charge is 2.18. The van der Waals surface area contributed by atoms with Gasteiger partial charge in [-0.15, -0.1) is 0 Å². The molecule has 0 saturated carbocycles. The lowest BCUT2D eigenvalue weighted by atomic mass is 9.84. The monoisotopic (exact) mass is 198 g/mol. The van der Waals surface area contributed by atoms with Crippen molar-refractivity contribution in [3.63, 3.8) is 0 Å². The van der Waals surface area contributed by atoms with Crippen molar-refractivity contribution in [2.24, 2.45) is 16.1 Å². The molecular weight excluding hydrogens is 176 g/mol. The summed E-state index contributed by atoms with van der Waals surface area (Å²) in [6.45, 7) is 6.93. The fraction of sp³-hybridized carbons (Fsp3) is 0.727. The Morgan fingerprint density at radius 3 is 2.64 bits per heavy atom. The van der Waals surface area contributed by atoms with E-state index in [9.17, 15) is 0 Å². The summed E-state index contributed by atoms with van der Waals surface area (Å²) in [5.74, 6) is 0. The van der Waals surface area contributed by atoms with Crippen molar-refractivity contribution in [3.05, 3.63) is 11.8 Å². The molecule has 0 amide bonds. The van der Waals surface area contributed by atoms with Crippen LogP contribution in [0.15, 0.2) is 16.8 Å². The summed E-state index contributed by atoms with van der Waals surface area (Å²) in [5.41, 5.74) is 6.82. The molecule has 0 rings (SSSR count). The van der Waals surface area contributed by atoms with Crippen molar-refractivity contribution in [2.45, 2.75) is 33.6 Å². The zero-order valence-electron chi connectivity index (χ0n) is 9.45. The van der Waals surface area contributed by atoms with E-state index in [-0.39, 0.29) is 12.0 Å². The topological polar surface area (TPSA) is 58.6 Å². The molecule has 3 N–H and O–H groups in total. The van der Waals surface area contributed by atoms with E-state index in [2.05, 4.69) is 25.8 Å². The maximum absolute atomic E-state index is 8.51. The van der Waals surface area contributed by atoms with Crippen LogP contribution in [-0.2, 0) is 0 Å². The van der Waals surface area contributed by atoms with Gasteiger partial charge in [0.25, 0.3) is 0 Å². The minimum Gasteiger partial charge on any atom is -0.402 e. The third-order valence-corrected chi connectivity index (χ3v) is 2.25. The number of allylic oxidation sites excluding steroid dienone is 2. The first kappa shape index (κ1) is 13.2. The molecule has 3 nitrogen and oxygen atoms in total. The molecule has 0 spiro atoms. The number of rotatable bonds is 6. The van der Waals surface area contributed by atoms with E-state index in [1.54, 1.807) is 6.21 Å². The van der Waals surface area contributed by atoms with Gasteiger partial charge in [-0.3, -0.25) is 4.99 Å². The molecule has 0 aromatic carbocycles. The van der Waals surface area contributed by atoms with E-state index in [0.29, 0.717) is 6.54 Å². The van der Waals surface area contributed by atoms with Crippen molar-refractivity contribution in [1.29, 1.82) is 0 Å². The van der Waals surface area contributed by atoms with Crippen molar-refractivity contribution in [1.82, 2.24) is 0 Å². The lowest BCUT2D eigenvalue weighted by Gasteiger charge is -2.24. The van der Waals surface area contributed by atoms with Crippen LogP contribution < -0.4 is 5.73 Å². The number of nitrogens with two attached hydrogens (primary N) is 1. The number of nitrogens with zero attached hydrogens (tertiary/aromatic N) is 1. The number of hydrogen-bond donors (Lipinski definition) is 2. The molecule has 82 valence electrons. The van der Waals surface area contributed by atoms with Gasteiger partial charge in [0.15, 0.2) is 0 Å². The van der Waals surface area contributed by atoms with Crippen molar-refractivity contribution in [3.8, 4) is 0 Å². The lowest BCUT2D eigenvalue weighted by molar-refractivity contribution is 0.307. The molecule has 0 aliphatic heterocycles. The second kappa shape index (κ2) is 6.60. The quantitative estimate of drug-likeness (QED) is 0.638. The summed E-state index contributed by atoms with van der Waals surface area (Å²) in [6, 6.07) is 0. The Morgan fingerprint density at radius 1 is 1.50 bits per heavy atom. The summed E-state index contributed by atoms with van der Waals surface area (Å²) in [5, 5.41) is 8.51. The summed E-state index contributed by atoms with van der Waals surface area (Å²) >= 11 is 0. The van der Waals surface area contributed by atoms with Crippen molar-refractivity contribution < 1.29 is 5.11 Å². The maximum Gasteiger partial charge on any atom is 0.0626 e. The molecule has 0 bridgehead atoms. The molecular formula is C11H22N2O. The van der Waals surface area contributed by atoms with Crippen LogP contribution >= 0.6 is 0 Å². The highest BCUT2D eigenvalue weighted by atomic mass is 16.3. The molecule has 0 fully saturated rings. The van der Waals surface area contributed by atoms with E-state index in [0.717, 1.165) is 18.5 Å². The Hall–Kier alpha value is -0.830. The first-order valence-electron chi connectivity index (χ1n) is 5.11. The number of aliphatic hydroxyl groups excluding tert-OH is 1. The second-order valence-corrected chi connectivity index (χ2v) is 4.03. The van der Waals surface area contributed by atoms with Crippen LogP contribution in [0.3, 0.4) is 0 Å². The lowest BCUT2D eigenvalue weighted by Crippen LogP contribution is -2.21. The maximum atomic E-state index is 8.51. The van der Waals surface area contributed by atoms with E-state index < -0.39 is 0 Å². The van der Waals surface area contributed by atoms with Gasteiger partial charge < -0.3 is 10.8 Å². The average molecular weight is 198 g/mol. The van der Waals surface area contributed by atoms with Crippen LogP contribution in [0.1, 0.15) is 33.6 Å². The van der Waals surface area contributed by atoms with Gasteiger partial charge in [-0.2, -0.15) is 0 Å². The van der Waals surface area contributed by atoms with Gasteiger partial charge in [0.05, 0.1) is 13.2 Å². The molecule has 0 radical (unpaired) electrons. The number of hydrogen-bond acceptors (Lipinski definition) is 3. The fourth-order valence-corrected chi connectivity index (χ4v) is 1.26. The Morgan fingerprint density at radius 2 is 2.14 bits per heavy atom. The van der Waals surface area contributed by atoms with Crippen molar-refractivity contribution >= 4 is 6.21 Å². The van der Waals surface area contributed by atoms with Crippen LogP contribution in [0.2, 0.25) is 0 Å². The highest BCUT2D eigenvalue weighted by Crippen LogP contribution is 2.27. The largest absolute Gasteiger partial charge is 0.402 e. The molecule has 0 unspecified atom stereocenters. The Kier molecular flexibility index (Phi) is 6.21. The molecule has 0 atom stereocenters. The zero-order valence-corrected chi connectivity index (χ0v) is 9.45. The van der Waals surface area contributed by atoms with Crippen LogP contribution in [-0.4, -0.2) is 24.5 Å². The Labute approximate surface area is 86.7 Å². The Balaban J connectivity index is 4.21. The van der Waals surface area contributed by atoms with Gasteiger partial charge in [0.1, 0.15) is 0 Å². The van der Waals surface area contributed by atoms with Gasteiger partial charge in [0.2, 0.25) is 0 Å². The molecule has 0 aliphatic rings. The van der Waals surface area contributed by atoms with E-state index in [4.69, 9.17) is 10.8 Å². The average Bonchev–Trinajstić information content (AvgIpc) is 2.12. The first-order valence-corrected chi connectivity index (χ1v) is 5.11. The van der Waals surface area contributed by atoms with E-state index >= 15 is 0 Å². The minimum absolute atomic E-state index is 0.0417. The molecule has 0 saturated heterocycles. The van der Waals surface area contributed by atoms with Gasteiger partial charge >= 0.3 is 0 Å². The number of aliphatic imine (C=N–C) groups is 1. The van der Waals surface area contributed by atoms with Gasteiger partial charge in [-0.1, -0.05) is 27.2 Å². The molecule has 0 heterocycles. The highest BCUT2D eigenvalue weighted by molar-refractivity contribution is 5.72. The number of aliphatic hydroxyl groups is 1. The summed E-state index contributed by atoms with van der Waals surface area (Å²) in [6.07, 6.45) is 5.69. The summed E-state index contributed by atoms with van der Waals surface area (Å²) in [4.78, 5) is 3.97. The van der Waals surface area contributed by atoms with Crippen LogP contribution in [0, 0.1) is 5.41 Å². The second-order valence-electron chi connectivity index (χ2n) is 4.03. The molecule has 0 aromatic heterocycles. The SMILES string of the molecule is CCCC(C)(C)C(N)=CC=NCCO. The van der Waals surface area contributed by atoms with Gasteiger partial charge in [-0.05, 0) is 12.5 Å². The van der Waals surface area contributed by atoms with Crippen LogP contribution in [0.4, 0.5) is 0 Å². The van der Waals surface area contributed by atoms with E-state index in [1.807, 2.05) is 6.08 Å². The summed E-state index contributed by atoms with van der Waals surface area (Å²) in [7, 11) is 0. The fourth-order valence-electron chi connectivity index (χ4n) is 1.26. The molecule has 0 aromatic rings. The van der Waals surface area contributed by atoms with Crippen molar-refractivity contribution in [2.75, 3.05) is 13.2 Å². The zero-order chi connectivity index (χ0) is 11.0.